The maximum Gasteiger partial charge on any atom is 0.225 e. The van der Waals surface area contributed by atoms with Crippen LogP contribution in [0.3, 0.4) is 0 Å². The van der Waals surface area contributed by atoms with E-state index >= 15 is 0 Å². The molecule has 1 aliphatic heterocycles. The summed E-state index contributed by atoms with van der Waals surface area (Å²) in [6.07, 6.45) is 4.14. The van der Waals surface area contributed by atoms with E-state index < -0.39 is 0 Å². The van der Waals surface area contributed by atoms with E-state index in [1.54, 1.807) is 6.07 Å². The van der Waals surface area contributed by atoms with Crippen LogP contribution >= 0.6 is 11.6 Å². The highest BCUT2D eigenvalue weighted by Gasteiger charge is 2.37. The molecule has 0 spiro atoms. The number of nitrogens with one attached hydrogen (secondary N) is 1. The topological polar surface area (TPSA) is 32.3 Å². The Labute approximate surface area is 142 Å². The van der Waals surface area contributed by atoms with Gasteiger partial charge in [-0.1, -0.05) is 31.0 Å². The normalized spacial score (nSPS) is 24.7. The fraction of sp³-hybridized carbons (Fsp3) is 0.611. The van der Waals surface area contributed by atoms with Crippen LogP contribution in [-0.4, -0.2) is 29.9 Å². The van der Waals surface area contributed by atoms with Crippen LogP contribution in [0.1, 0.15) is 38.2 Å². The van der Waals surface area contributed by atoms with Gasteiger partial charge in [-0.3, -0.25) is 4.79 Å². The highest BCUT2D eigenvalue weighted by molar-refractivity contribution is 6.30. The minimum Gasteiger partial charge on any atom is -0.342 e. The number of benzene rings is 1. The molecule has 1 aliphatic carbocycles. The Kier molecular flexibility index (Phi) is 5.22. The van der Waals surface area contributed by atoms with Crippen LogP contribution in [0.2, 0.25) is 5.02 Å². The SMILES string of the molecule is CC[C@@H]1CN(C(=O)C2CC2)CC[C@@H]1NCc1ccc(Cl)c(F)c1. The second kappa shape index (κ2) is 7.18. The van der Waals surface area contributed by atoms with Gasteiger partial charge in [0, 0.05) is 31.6 Å². The van der Waals surface area contributed by atoms with Crippen molar-refractivity contribution < 1.29 is 9.18 Å². The molecule has 1 aromatic rings. The molecule has 1 saturated carbocycles. The molecule has 1 heterocycles. The third-order valence-corrected chi connectivity index (χ3v) is 5.36. The Morgan fingerprint density at radius 1 is 1.39 bits per heavy atom. The van der Waals surface area contributed by atoms with Gasteiger partial charge < -0.3 is 10.2 Å². The van der Waals surface area contributed by atoms with Crippen molar-refractivity contribution in [3.63, 3.8) is 0 Å². The second-order valence-corrected chi connectivity index (χ2v) is 7.16. The number of rotatable bonds is 5. The van der Waals surface area contributed by atoms with Crippen molar-refractivity contribution in [2.45, 2.75) is 45.2 Å². The number of hydrogen-bond acceptors (Lipinski definition) is 2. The molecule has 0 bridgehead atoms. The van der Waals surface area contributed by atoms with E-state index in [0.717, 1.165) is 44.3 Å². The lowest BCUT2D eigenvalue weighted by Crippen LogP contribution is -2.51. The van der Waals surface area contributed by atoms with E-state index in [0.29, 0.717) is 30.3 Å². The first-order valence-electron chi connectivity index (χ1n) is 8.54. The van der Waals surface area contributed by atoms with Crippen LogP contribution in [0.5, 0.6) is 0 Å². The number of nitrogens with zero attached hydrogens (tertiary/aromatic N) is 1. The third-order valence-electron chi connectivity index (χ3n) is 5.05. The molecule has 3 nitrogen and oxygen atoms in total. The number of carbonyl (C=O) groups excluding carboxylic acids is 1. The van der Waals surface area contributed by atoms with E-state index in [9.17, 15) is 9.18 Å². The number of hydrogen-bond donors (Lipinski definition) is 1. The lowest BCUT2D eigenvalue weighted by molar-refractivity contribution is -0.134. The molecule has 2 atom stereocenters. The molecule has 126 valence electrons. The van der Waals surface area contributed by atoms with Crippen molar-refractivity contribution in [3.8, 4) is 0 Å². The Balaban J connectivity index is 1.55. The molecular weight excluding hydrogens is 315 g/mol. The fourth-order valence-corrected chi connectivity index (χ4v) is 3.52. The summed E-state index contributed by atoms with van der Waals surface area (Å²) >= 11 is 5.72. The molecule has 1 amide bonds. The van der Waals surface area contributed by atoms with E-state index in [1.807, 2.05) is 11.0 Å². The lowest BCUT2D eigenvalue weighted by Gasteiger charge is -2.39. The van der Waals surface area contributed by atoms with Gasteiger partial charge in [-0.05, 0) is 42.9 Å². The highest BCUT2D eigenvalue weighted by atomic mass is 35.5. The van der Waals surface area contributed by atoms with Gasteiger partial charge in [0.2, 0.25) is 5.91 Å². The molecular formula is C18H24ClFN2O. The Hall–Kier alpha value is -1.13. The first-order chi connectivity index (χ1) is 11.1. The van der Waals surface area contributed by atoms with Gasteiger partial charge in [0.15, 0.2) is 0 Å². The number of likely N-dealkylation sites (tertiary alicyclic amines) is 1. The summed E-state index contributed by atoms with van der Waals surface area (Å²) in [5, 5.41) is 3.70. The van der Waals surface area contributed by atoms with E-state index in [-0.39, 0.29) is 10.8 Å². The Morgan fingerprint density at radius 3 is 2.83 bits per heavy atom. The van der Waals surface area contributed by atoms with Gasteiger partial charge in [0.1, 0.15) is 5.82 Å². The zero-order valence-electron chi connectivity index (χ0n) is 13.5. The van der Waals surface area contributed by atoms with E-state index in [4.69, 9.17) is 11.6 Å². The molecule has 1 saturated heterocycles. The molecule has 1 aromatic carbocycles. The molecule has 3 rings (SSSR count). The van der Waals surface area contributed by atoms with Crippen molar-refractivity contribution in [1.29, 1.82) is 0 Å². The largest absolute Gasteiger partial charge is 0.342 e. The molecule has 0 unspecified atom stereocenters. The summed E-state index contributed by atoms with van der Waals surface area (Å²) in [4.78, 5) is 14.3. The molecule has 23 heavy (non-hydrogen) atoms. The van der Waals surface area contributed by atoms with E-state index in [1.165, 1.54) is 6.07 Å². The summed E-state index contributed by atoms with van der Waals surface area (Å²) in [5.74, 6) is 0.738. The quantitative estimate of drug-likeness (QED) is 0.889. The number of piperidine rings is 1. The van der Waals surface area contributed by atoms with Crippen LogP contribution in [0, 0.1) is 17.7 Å². The molecule has 2 aliphatic rings. The van der Waals surface area contributed by atoms with Crippen molar-refractivity contribution in [2.24, 2.45) is 11.8 Å². The van der Waals surface area contributed by atoms with Gasteiger partial charge >= 0.3 is 0 Å². The predicted molar refractivity (Wildman–Crippen MR) is 89.7 cm³/mol. The minimum atomic E-state index is -0.372. The van der Waals surface area contributed by atoms with Gasteiger partial charge in [-0.2, -0.15) is 0 Å². The van der Waals surface area contributed by atoms with Gasteiger partial charge in [-0.15, -0.1) is 0 Å². The lowest BCUT2D eigenvalue weighted by atomic mass is 9.89. The molecule has 0 aromatic heterocycles. The summed E-state index contributed by atoms with van der Waals surface area (Å²) in [6.45, 7) is 4.48. The summed E-state index contributed by atoms with van der Waals surface area (Å²) in [6, 6.07) is 5.32. The molecule has 2 fully saturated rings. The molecule has 5 heteroatoms. The van der Waals surface area contributed by atoms with Crippen LogP contribution in [0.4, 0.5) is 4.39 Å². The monoisotopic (exact) mass is 338 g/mol. The first-order valence-corrected chi connectivity index (χ1v) is 8.92. The highest BCUT2D eigenvalue weighted by Crippen LogP contribution is 2.33. The fourth-order valence-electron chi connectivity index (χ4n) is 3.40. The molecule has 1 N–H and O–H groups in total. The van der Waals surface area contributed by atoms with Crippen molar-refractivity contribution in [2.75, 3.05) is 13.1 Å². The van der Waals surface area contributed by atoms with Gasteiger partial charge in [0.25, 0.3) is 0 Å². The van der Waals surface area contributed by atoms with Gasteiger partial charge in [0.05, 0.1) is 5.02 Å². The maximum atomic E-state index is 13.5. The minimum absolute atomic E-state index is 0.159. The summed E-state index contributed by atoms with van der Waals surface area (Å²) in [7, 11) is 0. The zero-order chi connectivity index (χ0) is 16.4. The predicted octanol–water partition coefficient (Wildman–Crippen LogP) is 3.61. The van der Waals surface area contributed by atoms with Crippen molar-refractivity contribution >= 4 is 17.5 Å². The molecule has 0 radical (unpaired) electrons. The van der Waals surface area contributed by atoms with Crippen LogP contribution < -0.4 is 5.32 Å². The standard InChI is InChI=1S/C18H24ClFN2O/c1-2-13-11-22(18(23)14-4-5-14)8-7-17(13)21-10-12-3-6-15(19)16(20)9-12/h3,6,9,13-14,17,21H,2,4-5,7-8,10-11H2,1H3/t13-,17+/m1/s1. The summed E-state index contributed by atoms with van der Waals surface area (Å²) < 4.78 is 13.5. The van der Waals surface area contributed by atoms with Crippen LogP contribution in [0.25, 0.3) is 0 Å². The first kappa shape index (κ1) is 16.7. The number of amides is 1. The number of carbonyl (C=O) groups is 1. The van der Waals surface area contributed by atoms with E-state index in [2.05, 4.69) is 12.2 Å². The van der Waals surface area contributed by atoms with Crippen molar-refractivity contribution in [3.05, 3.63) is 34.6 Å². The van der Waals surface area contributed by atoms with Crippen LogP contribution in [-0.2, 0) is 11.3 Å². The maximum absolute atomic E-state index is 13.5. The average Bonchev–Trinajstić information content (AvgIpc) is 3.40. The van der Waals surface area contributed by atoms with Crippen molar-refractivity contribution in [1.82, 2.24) is 10.2 Å². The Bertz CT molecular complexity index is 576. The number of halogens is 2. The van der Waals surface area contributed by atoms with Gasteiger partial charge in [-0.25, -0.2) is 4.39 Å². The van der Waals surface area contributed by atoms with Crippen LogP contribution in [0.15, 0.2) is 18.2 Å². The second-order valence-electron chi connectivity index (χ2n) is 6.75. The Morgan fingerprint density at radius 2 is 2.17 bits per heavy atom. The smallest absolute Gasteiger partial charge is 0.225 e. The third kappa shape index (κ3) is 4.04. The summed E-state index contributed by atoms with van der Waals surface area (Å²) in [5.41, 5.74) is 0.901. The zero-order valence-corrected chi connectivity index (χ0v) is 14.3. The average molecular weight is 339 g/mol.